The van der Waals surface area contributed by atoms with Crippen molar-refractivity contribution in [2.75, 3.05) is 6.54 Å². The van der Waals surface area contributed by atoms with Gasteiger partial charge < -0.3 is 5.11 Å². The van der Waals surface area contributed by atoms with Gasteiger partial charge in [0, 0.05) is 12.6 Å². The minimum absolute atomic E-state index is 0.143. The van der Waals surface area contributed by atoms with Gasteiger partial charge in [-0.05, 0) is 30.2 Å². The van der Waals surface area contributed by atoms with E-state index in [2.05, 4.69) is 11.3 Å². The molecule has 0 saturated carbocycles. The highest BCUT2D eigenvalue weighted by Gasteiger charge is 2.12. The Balaban J connectivity index is 2.80. The van der Waals surface area contributed by atoms with Crippen LogP contribution in [0.25, 0.3) is 6.08 Å². The summed E-state index contributed by atoms with van der Waals surface area (Å²) in [5, 5.41) is 8.48. The van der Waals surface area contributed by atoms with Gasteiger partial charge in [-0.2, -0.15) is 0 Å². The van der Waals surface area contributed by atoms with Crippen molar-refractivity contribution in [1.82, 2.24) is 4.72 Å². The molecule has 0 aromatic heterocycles. The summed E-state index contributed by atoms with van der Waals surface area (Å²) in [6.07, 6.45) is 4.57. The van der Waals surface area contributed by atoms with E-state index in [1.807, 2.05) is 0 Å². The van der Waals surface area contributed by atoms with Crippen molar-refractivity contribution < 1.29 is 18.3 Å². The Morgan fingerprint density at radius 3 is 2.47 bits per heavy atom. The standard InChI is InChI=1S/C13H15NO4S/c1-2-3-10-14-19(17,18)12-7-4-11(5-8-12)6-9-13(15)16/h2,4-9,14H,1,3,10H2,(H,15,16)/b9-6+. The van der Waals surface area contributed by atoms with Gasteiger partial charge >= 0.3 is 5.97 Å². The lowest BCUT2D eigenvalue weighted by Crippen LogP contribution is -2.24. The first-order chi connectivity index (χ1) is 8.95. The van der Waals surface area contributed by atoms with Crippen molar-refractivity contribution >= 4 is 22.1 Å². The van der Waals surface area contributed by atoms with Crippen molar-refractivity contribution in [3.8, 4) is 0 Å². The van der Waals surface area contributed by atoms with Crippen LogP contribution >= 0.6 is 0 Å². The molecule has 0 spiro atoms. The first kappa shape index (κ1) is 15.1. The van der Waals surface area contributed by atoms with Gasteiger partial charge in [-0.15, -0.1) is 6.58 Å². The number of hydrogen-bond donors (Lipinski definition) is 2. The zero-order valence-corrected chi connectivity index (χ0v) is 11.1. The quantitative estimate of drug-likeness (QED) is 0.452. The monoisotopic (exact) mass is 281 g/mol. The lowest BCUT2D eigenvalue weighted by atomic mass is 10.2. The van der Waals surface area contributed by atoms with Gasteiger partial charge in [0.05, 0.1) is 4.90 Å². The molecular weight excluding hydrogens is 266 g/mol. The third-order valence-electron chi connectivity index (χ3n) is 2.25. The molecule has 0 aliphatic rings. The molecule has 1 aromatic carbocycles. The summed E-state index contributed by atoms with van der Waals surface area (Å²) in [7, 11) is -3.52. The van der Waals surface area contributed by atoms with E-state index in [9.17, 15) is 13.2 Å². The predicted octanol–water partition coefficient (Wildman–Crippen LogP) is 1.64. The molecule has 2 N–H and O–H groups in total. The smallest absolute Gasteiger partial charge is 0.328 e. The van der Waals surface area contributed by atoms with Gasteiger partial charge in [0.15, 0.2) is 0 Å². The molecule has 19 heavy (non-hydrogen) atoms. The molecule has 102 valence electrons. The van der Waals surface area contributed by atoms with Crippen molar-refractivity contribution in [3.63, 3.8) is 0 Å². The lowest BCUT2D eigenvalue weighted by molar-refractivity contribution is -0.131. The van der Waals surface area contributed by atoms with E-state index in [1.165, 1.54) is 18.2 Å². The Hall–Kier alpha value is -1.92. The molecule has 0 aliphatic carbocycles. The summed E-state index contributed by atoms with van der Waals surface area (Å²) in [5.74, 6) is -1.05. The highest BCUT2D eigenvalue weighted by Crippen LogP contribution is 2.11. The molecule has 0 unspecified atom stereocenters. The van der Waals surface area contributed by atoms with Crippen LogP contribution in [0.3, 0.4) is 0 Å². The van der Waals surface area contributed by atoms with E-state index in [-0.39, 0.29) is 4.90 Å². The zero-order chi connectivity index (χ0) is 14.3. The largest absolute Gasteiger partial charge is 0.478 e. The molecule has 0 amide bonds. The first-order valence-electron chi connectivity index (χ1n) is 5.57. The van der Waals surface area contributed by atoms with Crippen LogP contribution in [0.4, 0.5) is 0 Å². The Kier molecular flexibility index (Phi) is 5.47. The van der Waals surface area contributed by atoms with E-state index < -0.39 is 16.0 Å². The average Bonchev–Trinajstić information content (AvgIpc) is 2.37. The molecule has 6 heteroatoms. The lowest BCUT2D eigenvalue weighted by Gasteiger charge is -2.05. The Bertz CT molecular complexity index is 573. The van der Waals surface area contributed by atoms with E-state index in [4.69, 9.17) is 5.11 Å². The number of carboxylic acid groups (broad SMARTS) is 1. The molecule has 0 heterocycles. The second kappa shape index (κ2) is 6.86. The van der Waals surface area contributed by atoms with Crippen molar-refractivity contribution in [3.05, 3.63) is 48.6 Å². The van der Waals surface area contributed by atoms with Gasteiger partial charge in [-0.25, -0.2) is 17.9 Å². The highest BCUT2D eigenvalue weighted by molar-refractivity contribution is 7.89. The molecule has 0 aliphatic heterocycles. The van der Waals surface area contributed by atoms with Gasteiger partial charge in [0.2, 0.25) is 10.0 Å². The average molecular weight is 281 g/mol. The van der Waals surface area contributed by atoms with E-state index in [1.54, 1.807) is 18.2 Å². The summed E-state index contributed by atoms with van der Waals surface area (Å²) in [4.78, 5) is 10.5. The molecule has 1 aromatic rings. The molecule has 0 atom stereocenters. The second-order valence-electron chi connectivity index (χ2n) is 3.72. The number of aliphatic carboxylic acids is 1. The third-order valence-corrected chi connectivity index (χ3v) is 3.73. The number of nitrogens with one attached hydrogen (secondary N) is 1. The topological polar surface area (TPSA) is 83.5 Å². The fourth-order valence-electron chi connectivity index (χ4n) is 1.30. The SMILES string of the molecule is C=CCCNS(=O)(=O)c1ccc(/C=C/C(=O)O)cc1. The minimum Gasteiger partial charge on any atom is -0.478 e. The van der Waals surface area contributed by atoms with E-state index >= 15 is 0 Å². The summed E-state index contributed by atoms with van der Waals surface area (Å²) < 4.78 is 26.1. The maximum absolute atomic E-state index is 11.8. The van der Waals surface area contributed by atoms with Crippen LogP contribution < -0.4 is 4.72 Å². The maximum Gasteiger partial charge on any atom is 0.328 e. The van der Waals surface area contributed by atoms with Crippen molar-refractivity contribution in [1.29, 1.82) is 0 Å². The number of carbonyl (C=O) groups is 1. The molecule has 1 rings (SSSR count). The van der Waals surface area contributed by atoms with E-state index in [0.29, 0.717) is 18.5 Å². The Morgan fingerprint density at radius 1 is 1.32 bits per heavy atom. The second-order valence-corrected chi connectivity index (χ2v) is 5.48. The van der Waals surface area contributed by atoms with Gasteiger partial charge in [0.1, 0.15) is 0 Å². The first-order valence-corrected chi connectivity index (χ1v) is 7.05. The van der Waals surface area contributed by atoms with Crippen LogP contribution in [-0.4, -0.2) is 26.0 Å². The van der Waals surface area contributed by atoms with Crippen LogP contribution in [0.5, 0.6) is 0 Å². The molecule has 0 fully saturated rings. The summed E-state index contributed by atoms with van der Waals surface area (Å²) in [6, 6.07) is 5.94. The zero-order valence-electron chi connectivity index (χ0n) is 10.2. The minimum atomic E-state index is -3.52. The van der Waals surface area contributed by atoms with Crippen LogP contribution in [0.2, 0.25) is 0 Å². The maximum atomic E-state index is 11.8. The van der Waals surface area contributed by atoms with Crippen LogP contribution in [-0.2, 0) is 14.8 Å². The van der Waals surface area contributed by atoms with Crippen LogP contribution in [0, 0.1) is 0 Å². The fraction of sp³-hybridized carbons (Fsp3) is 0.154. The van der Waals surface area contributed by atoms with Crippen molar-refractivity contribution in [2.24, 2.45) is 0 Å². The summed E-state index contributed by atoms with van der Waals surface area (Å²) in [6.45, 7) is 3.81. The third kappa shape index (κ3) is 5.07. The van der Waals surface area contributed by atoms with Crippen molar-refractivity contribution in [2.45, 2.75) is 11.3 Å². The van der Waals surface area contributed by atoms with Crippen LogP contribution in [0.1, 0.15) is 12.0 Å². The van der Waals surface area contributed by atoms with E-state index in [0.717, 1.165) is 6.08 Å². The molecule has 0 bridgehead atoms. The Morgan fingerprint density at radius 2 is 1.95 bits per heavy atom. The normalized spacial score (nSPS) is 11.6. The summed E-state index contributed by atoms with van der Waals surface area (Å²) >= 11 is 0. The molecule has 0 radical (unpaired) electrons. The Labute approximate surface area is 112 Å². The molecule has 5 nitrogen and oxygen atoms in total. The number of sulfonamides is 1. The predicted molar refractivity (Wildman–Crippen MR) is 73.1 cm³/mol. The molecule has 0 saturated heterocycles. The van der Waals surface area contributed by atoms with Gasteiger partial charge in [-0.1, -0.05) is 18.2 Å². The number of benzene rings is 1. The number of carboxylic acids is 1. The highest BCUT2D eigenvalue weighted by atomic mass is 32.2. The molecular formula is C13H15NO4S. The number of rotatable bonds is 7. The summed E-state index contributed by atoms with van der Waals surface area (Å²) in [5.41, 5.74) is 0.618. The van der Waals surface area contributed by atoms with Crippen LogP contribution in [0.15, 0.2) is 47.9 Å². The van der Waals surface area contributed by atoms with Gasteiger partial charge in [0.25, 0.3) is 0 Å². The number of hydrogen-bond acceptors (Lipinski definition) is 3. The fourth-order valence-corrected chi connectivity index (χ4v) is 2.35. The van der Waals surface area contributed by atoms with Gasteiger partial charge in [-0.3, -0.25) is 0 Å².